The molecule has 0 amide bonds. The van der Waals surface area contributed by atoms with Gasteiger partial charge in [0, 0.05) is 32.7 Å². The van der Waals surface area contributed by atoms with Crippen LogP contribution in [0.2, 0.25) is 0 Å². The van der Waals surface area contributed by atoms with Gasteiger partial charge in [-0.3, -0.25) is 9.80 Å². The lowest BCUT2D eigenvalue weighted by atomic mass is 9.99. The summed E-state index contributed by atoms with van der Waals surface area (Å²) in [6.45, 7) is 9.07. The van der Waals surface area contributed by atoms with Crippen LogP contribution in [0.3, 0.4) is 0 Å². The smallest absolute Gasteiger partial charge is 0.178 e. The fourth-order valence-electron chi connectivity index (χ4n) is 5.67. The fourth-order valence-corrected chi connectivity index (χ4v) is 5.67. The second-order valence-electron chi connectivity index (χ2n) is 10.3. The van der Waals surface area contributed by atoms with Gasteiger partial charge in [-0.25, -0.2) is 0 Å². The highest BCUT2D eigenvalue weighted by Crippen LogP contribution is 2.32. The zero-order valence-corrected chi connectivity index (χ0v) is 22.6. The van der Waals surface area contributed by atoms with E-state index < -0.39 is 0 Å². The normalized spacial score (nSPS) is 15.7. The van der Waals surface area contributed by atoms with Crippen molar-refractivity contribution < 1.29 is 0 Å². The molecule has 0 spiro atoms. The Morgan fingerprint density at radius 1 is 0.769 bits per heavy atom. The van der Waals surface area contributed by atoms with Crippen LogP contribution in [-0.2, 0) is 0 Å². The van der Waals surface area contributed by atoms with Gasteiger partial charge in [0.25, 0.3) is 0 Å². The first kappa shape index (κ1) is 25.2. The third-order valence-electron chi connectivity index (χ3n) is 7.72. The van der Waals surface area contributed by atoms with Crippen molar-refractivity contribution in [1.82, 2.24) is 30.0 Å². The lowest BCUT2D eigenvalue weighted by Gasteiger charge is -2.38. The molecule has 0 saturated carbocycles. The van der Waals surface area contributed by atoms with Crippen molar-refractivity contribution in [2.75, 3.05) is 32.7 Å². The van der Waals surface area contributed by atoms with Crippen LogP contribution < -0.4 is 0 Å². The first-order valence-electron chi connectivity index (χ1n) is 13.7. The van der Waals surface area contributed by atoms with Gasteiger partial charge in [0.1, 0.15) is 0 Å². The van der Waals surface area contributed by atoms with E-state index in [1.807, 2.05) is 4.68 Å². The Balaban J connectivity index is 1.30. The van der Waals surface area contributed by atoms with E-state index in [1.54, 1.807) is 0 Å². The van der Waals surface area contributed by atoms with Crippen molar-refractivity contribution in [3.63, 3.8) is 0 Å². The lowest BCUT2D eigenvalue weighted by molar-refractivity contribution is 0.113. The highest BCUT2D eigenvalue weighted by Gasteiger charge is 2.31. The molecular formula is C33H34N6. The largest absolute Gasteiger partial charge is 0.297 e. The monoisotopic (exact) mass is 514 g/mol. The summed E-state index contributed by atoms with van der Waals surface area (Å²) in [5.41, 5.74) is 5.85. The minimum Gasteiger partial charge on any atom is -0.297 e. The Bertz CT molecular complexity index is 1560. The molecule has 0 aliphatic carbocycles. The number of aryl methyl sites for hydroxylation is 2. The van der Waals surface area contributed by atoms with E-state index in [0.29, 0.717) is 0 Å². The third-order valence-corrected chi connectivity index (χ3v) is 7.72. The lowest BCUT2D eigenvalue weighted by Crippen LogP contribution is -2.48. The van der Waals surface area contributed by atoms with E-state index in [4.69, 9.17) is 0 Å². The molecule has 4 aromatic carbocycles. The topological polar surface area (TPSA) is 50.1 Å². The van der Waals surface area contributed by atoms with Gasteiger partial charge in [-0.05, 0) is 63.4 Å². The van der Waals surface area contributed by atoms with E-state index >= 15 is 0 Å². The minimum atomic E-state index is -0.0503. The summed E-state index contributed by atoms with van der Waals surface area (Å²) in [5, 5.41) is 15.8. The van der Waals surface area contributed by atoms with Crippen molar-refractivity contribution in [3.05, 3.63) is 125 Å². The number of tetrazole rings is 1. The van der Waals surface area contributed by atoms with Crippen LogP contribution >= 0.6 is 0 Å². The standard InChI is InChI=1S/C33H34N6/c1-25-10-8-11-26(2)31(25)39-33(34-35-36-39)32(30-18-17-28-15-6-7-16-29(28)24-30)38-22-20-37(21-23-38)19-9-14-27-12-4-3-5-13-27/h3-18,24,32H,19-23H2,1-2H3/b14-9+/t32-/m1/s1. The molecule has 0 N–H and O–H groups in total. The highest BCUT2D eigenvalue weighted by atomic mass is 15.6. The molecule has 0 bridgehead atoms. The van der Waals surface area contributed by atoms with Gasteiger partial charge in [0.05, 0.1) is 11.7 Å². The molecule has 0 unspecified atom stereocenters. The van der Waals surface area contributed by atoms with Gasteiger partial charge in [-0.15, -0.1) is 5.10 Å². The Hall–Kier alpha value is -4.13. The highest BCUT2D eigenvalue weighted by molar-refractivity contribution is 5.83. The summed E-state index contributed by atoms with van der Waals surface area (Å²) in [6, 6.07) is 32.1. The van der Waals surface area contributed by atoms with E-state index in [1.165, 1.54) is 21.9 Å². The van der Waals surface area contributed by atoms with Gasteiger partial charge >= 0.3 is 0 Å². The zero-order chi connectivity index (χ0) is 26.6. The summed E-state index contributed by atoms with van der Waals surface area (Å²) >= 11 is 0. The molecular weight excluding hydrogens is 480 g/mol. The predicted molar refractivity (Wildman–Crippen MR) is 158 cm³/mol. The Labute approximate surface area is 230 Å². The van der Waals surface area contributed by atoms with E-state index in [-0.39, 0.29) is 6.04 Å². The number of piperazine rings is 1. The van der Waals surface area contributed by atoms with Gasteiger partial charge in [-0.1, -0.05) is 97.1 Å². The van der Waals surface area contributed by atoms with Crippen molar-refractivity contribution in [2.45, 2.75) is 19.9 Å². The van der Waals surface area contributed by atoms with Crippen LogP contribution in [0.5, 0.6) is 0 Å². The molecule has 196 valence electrons. The predicted octanol–water partition coefficient (Wildman–Crippen LogP) is 5.85. The Morgan fingerprint density at radius 2 is 1.49 bits per heavy atom. The molecule has 6 nitrogen and oxygen atoms in total. The maximum atomic E-state index is 4.64. The maximum absolute atomic E-state index is 4.64. The summed E-state index contributed by atoms with van der Waals surface area (Å²) in [6.07, 6.45) is 4.48. The molecule has 6 heteroatoms. The minimum absolute atomic E-state index is 0.0503. The number of para-hydroxylation sites is 1. The first-order chi connectivity index (χ1) is 19.2. The number of benzene rings is 4. The summed E-state index contributed by atoms with van der Waals surface area (Å²) < 4.78 is 1.96. The molecule has 0 radical (unpaired) electrons. The number of hydrogen-bond acceptors (Lipinski definition) is 5. The van der Waals surface area contributed by atoms with E-state index in [9.17, 15) is 0 Å². The molecule has 1 atom stereocenters. The first-order valence-corrected chi connectivity index (χ1v) is 13.7. The molecule has 1 aliphatic rings. The average Bonchev–Trinajstić information content (AvgIpc) is 3.43. The number of hydrogen-bond donors (Lipinski definition) is 0. The third kappa shape index (κ3) is 5.39. The van der Waals surface area contributed by atoms with Crippen LogP contribution in [0.4, 0.5) is 0 Å². The molecule has 1 aromatic heterocycles. The summed E-state index contributed by atoms with van der Waals surface area (Å²) in [4.78, 5) is 5.05. The Kier molecular flexibility index (Phi) is 7.30. The van der Waals surface area contributed by atoms with Crippen molar-refractivity contribution in [2.24, 2.45) is 0 Å². The van der Waals surface area contributed by atoms with Crippen LogP contribution in [0, 0.1) is 13.8 Å². The average molecular weight is 515 g/mol. The van der Waals surface area contributed by atoms with E-state index in [2.05, 4.69) is 142 Å². The molecule has 5 aromatic rings. The summed E-state index contributed by atoms with van der Waals surface area (Å²) in [5.74, 6) is 0.861. The number of fused-ring (bicyclic) bond motifs is 1. The second kappa shape index (κ2) is 11.3. The van der Waals surface area contributed by atoms with Gasteiger partial charge < -0.3 is 0 Å². The van der Waals surface area contributed by atoms with Crippen LogP contribution in [0.1, 0.15) is 34.1 Å². The SMILES string of the molecule is Cc1cccc(C)c1-n1nnnc1[C@@H](c1ccc2ccccc2c1)N1CCN(C/C=C/c2ccccc2)CC1. The quantitative estimate of drug-likeness (QED) is 0.273. The molecule has 1 fully saturated rings. The van der Waals surface area contributed by atoms with E-state index in [0.717, 1.165) is 55.4 Å². The molecule has 1 saturated heterocycles. The van der Waals surface area contributed by atoms with Crippen LogP contribution in [0.15, 0.2) is 97.1 Å². The van der Waals surface area contributed by atoms with Crippen LogP contribution in [0.25, 0.3) is 22.5 Å². The maximum Gasteiger partial charge on any atom is 0.178 e. The van der Waals surface area contributed by atoms with Gasteiger partial charge in [0.2, 0.25) is 0 Å². The molecule has 39 heavy (non-hydrogen) atoms. The van der Waals surface area contributed by atoms with Crippen molar-refractivity contribution in [1.29, 1.82) is 0 Å². The number of aromatic nitrogens is 4. The number of rotatable bonds is 7. The molecule has 6 rings (SSSR count). The molecule has 1 aliphatic heterocycles. The fraction of sp³-hybridized carbons (Fsp3) is 0.242. The van der Waals surface area contributed by atoms with Gasteiger partial charge in [-0.2, -0.15) is 4.68 Å². The summed E-state index contributed by atoms with van der Waals surface area (Å²) in [7, 11) is 0. The van der Waals surface area contributed by atoms with Crippen molar-refractivity contribution in [3.8, 4) is 5.69 Å². The van der Waals surface area contributed by atoms with Gasteiger partial charge in [0.15, 0.2) is 5.82 Å². The zero-order valence-electron chi connectivity index (χ0n) is 22.6. The number of nitrogens with zero attached hydrogens (tertiary/aromatic N) is 6. The van der Waals surface area contributed by atoms with Crippen molar-refractivity contribution >= 4 is 16.8 Å². The van der Waals surface area contributed by atoms with Crippen LogP contribution in [-0.4, -0.2) is 62.7 Å². The second-order valence-corrected chi connectivity index (χ2v) is 10.3. The molecule has 2 heterocycles. The Morgan fingerprint density at radius 3 is 2.26 bits per heavy atom.